The van der Waals surface area contributed by atoms with Gasteiger partial charge in [0.1, 0.15) is 18.2 Å². The molecular formula is C14H22N6O. The minimum atomic E-state index is 0.389. The first-order valence-electron chi connectivity index (χ1n) is 6.96. The second-order valence-electron chi connectivity index (χ2n) is 4.78. The van der Waals surface area contributed by atoms with Crippen LogP contribution in [0.4, 0.5) is 11.6 Å². The Morgan fingerprint density at radius 3 is 2.52 bits per heavy atom. The van der Waals surface area contributed by atoms with Gasteiger partial charge in [-0.2, -0.15) is 5.10 Å². The molecule has 2 aromatic rings. The topological polar surface area (TPSA) is 76.9 Å². The lowest BCUT2D eigenvalue weighted by atomic mass is 10.2. The van der Waals surface area contributed by atoms with Gasteiger partial charge in [-0.25, -0.2) is 9.97 Å². The molecule has 0 aliphatic carbocycles. The van der Waals surface area contributed by atoms with Gasteiger partial charge < -0.3 is 15.4 Å². The van der Waals surface area contributed by atoms with Crippen LogP contribution in [0.3, 0.4) is 0 Å². The van der Waals surface area contributed by atoms with Crippen molar-refractivity contribution in [2.75, 3.05) is 24.3 Å². The quantitative estimate of drug-likeness (QED) is 0.808. The van der Waals surface area contributed by atoms with E-state index in [1.54, 1.807) is 7.11 Å². The van der Waals surface area contributed by atoms with Gasteiger partial charge in [-0.1, -0.05) is 0 Å². The summed E-state index contributed by atoms with van der Waals surface area (Å²) < 4.78 is 6.92. The Morgan fingerprint density at radius 2 is 1.95 bits per heavy atom. The van der Waals surface area contributed by atoms with Crippen molar-refractivity contribution in [2.24, 2.45) is 7.05 Å². The molecule has 0 radical (unpaired) electrons. The van der Waals surface area contributed by atoms with Crippen LogP contribution in [-0.4, -0.2) is 33.4 Å². The number of methoxy groups -OCH3 is 1. The molecule has 0 unspecified atom stereocenters. The van der Waals surface area contributed by atoms with Crippen molar-refractivity contribution in [2.45, 2.75) is 27.0 Å². The molecule has 114 valence electrons. The Morgan fingerprint density at radius 1 is 1.24 bits per heavy atom. The zero-order chi connectivity index (χ0) is 15.2. The standard InChI is InChI=1S/C14H22N6O/c1-5-15-12-6-13(18-14(17-12)9-21-4)16-7-11-8-20(3)19-10(11)2/h6,8H,5,7,9H2,1-4H3,(H2,15,16,17,18). The SMILES string of the molecule is CCNc1cc(NCc2cn(C)nc2C)nc(COC)n1. The third-order valence-electron chi connectivity index (χ3n) is 2.98. The van der Waals surface area contributed by atoms with Crippen LogP contribution in [0, 0.1) is 6.92 Å². The molecule has 0 aliphatic rings. The van der Waals surface area contributed by atoms with Crippen molar-refractivity contribution in [1.82, 2.24) is 19.7 Å². The van der Waals surface area contributed by atoms with E-state index in [0.717, 1.165) is 29.4 Å². The first-order valence-corrected chi connectivity index (χ1v) is 6.96. The summed E-state index contributed by atoms with van der Waals surface area (Å²) in [5, 5.41) is 10.8. The largest absolute Gasteiger partial charge is 0.377 e. The number of hydrogen-bond donors (Lipinski definition) is 2. The van der Waals surface area contributed by atoms with Gasteiger partial charge in [0, 0.05) is 45.1 Å². The molecule has 2 aromatic heterocycles. The molecule has 0 atom stereocenters. The Balaban J connectivity index is 2.12. The van der Waals surface area contributed by atoms with Crippen molar-refractivity contribution in [1.29, 1.82) is 0 Å². The number of aromatic nitrogens is 4. The average molecular weight is 290 g/mol. The Kier molecular flexibility index (Phi) is 5.10. The van der Waals surface area contributed by atoms with Crippen LogP contribution in [0.2, 0.25) is 0 Å². The van der Waals surface area contributed by atoms with Crippen LogP contribution in [-0.2, 0) is 24.9 Å². The number of ether oxygens (including phenoxy) is 1. The fourth-order valence-electron chi connectivity index (χ4n) is 2.06. The summed E-state index contributed by atoms with van der Waals surface area (Å²) in [5.74, 6) is 2.22. The van der Waals surface area contributed by atoms with Crippen molar-refractivity contribution in [3.63, 3.8) is 0 Å². The van der Waals surface area contributed by atoms with Crippen molar-refractivity contribution < 1.29 is 4.74 Å². The third-order valence-corrected chi connectivity index (χ3v) is 2.98. The summed E-state index contributed by atoms with van der Waals surface area (Å²) in [5.41, 5.74) is 2.16. The molecule has 7 heteroatoms. The molecule has 0 fully saturated rings. The number of nitrogens with one attached hydrogen (secondary N) is 2. The van der Waals surface area contributed by atoms with E-state index in [0.29, 0.717) is 19.0 Å². The van der Waals surface area contributed by atoms with Crippen LogP contribution in [0.15, 0.2) is 12.3 Å². The van der Waals surface area contributed by atoms with Gasteiger partial charge in [0.25, 0.3) is 0 Å². The van der Waals surface area contributed by atoms with Crippen molar-refractivity contribution >= 4 is 11.6 Å². The maximum Gasteiger partial charge on any atom is 0.158 e. The first kappa shape index (κ1) is 15.2. The van der Waals surface area contributed by atoms with Crippen molar-refractivity contribution in [3.8, 4) is 0 Å². The molecule has 0 aromatic carbocycles. The summed E-state index contributed by atoms with van der Waals surface area (Å²) in [6, 6.07) is 1.90. The summed E-state index contributed by atoms with van der Waals surface area (Å²) >= 11 is 0. The molecule has 0 aliphatic heterocycles. The third kappa shape index (κ3) is 4.16. The highest BCUT2D eigenvalue weighted by molar-refractivity contribution is 5.47. The van der Waals surface area contributed by atoms with Crippen LogP contribution >= 0.6 is 0 Å². The zero-order valence-electron chi connectivity index (χ0n) is 13.0. The lowest BCUT2D eigenvalue weighted by Gasteiger charge is -2.10. The predicted octanol–water partition coefficient (Wildman–Crippen LogP) is 1.71. The number of hydrogen-bond acceptors (Lipinski definition) is 6. The Bertz CT molecular complexity index is 571. The van der Waals surface area contributed by atoms with Gasteiger partial charge in [-0.15, -0.1) is 0 Å². The molecule has 2 rings (SSSR count). The van der Waals surface area contributed by atoms with E-state index < -0.39 is 0 Å². The van der Waals surface area contributed by atoms with Gasteiger partial charge in [-0.3, -0.25) is 4.68 Å². The van der Waals surface area contributed by atoms with E-state index in [-0.39, 0.29) is 0 Å². The number of rotatable bonds is 7. The molecule has 0 spiro atoms. The smallest absolute Gasteiger partial charge is 0.158 e. The van der Waals surface area contributed by atoms with Gasteiger partial charge in [0.15, 0.2) is 5.82 Å². The van der Waals surface area contributed by atoms with Gasteiger partial charge in [0.05, 0.1) is 5.69 Å². The molecule has 0 amide bonds. The van der Waals surface area contributed by atoms with Crippen LogP contribution in [0.5, 0.6) is 0 Å². The molecule has 2 heterocycles. The average Bonchev–Trinajstić information content (AvgIpc) is 2.75. The fourth-order valence-corrected chi connectivity index (χ4v) is 2.06. The second-order valence-corrected chi connectivity index (χ2v) is 4.78. The molecule has 7 nitrogen and oxygen atoms in total. The Labute approximate surface area is 124 Å². The molecule has 0 saturated carbocycles. The molecular weight excluding hydrogens is 268 g/mol. The lowest BCUT2D eigenvalue weighted by Crippen LogP contribution is -2.09. The predicted molar refractivity (Wildman–Crippen MR) is 82.2 cm³/mol. The minimum absolute atomic E-state index is 0.389. The zero-order valence-corrected chi connectivity index (χ0v) is 13.0. The minimum Gasteiger partial charge on any atom is -0.377 e. The van der Waals surface area contributed by atoms with Crippen LogP contribution in [0.25, 0.3) is 0 Å². The monoisotopic (exact) mass is 290 g/mol. The van der Waals surface area contributed by atoms with E-state index in [1.807, 2.05) is 37.8 Å². The molecule has 21 heavy (non-hydrogen) atoms. The van der Waals surface area contributed by atoms with Gasteiger partial charge in [-0.05, 0) is 13.8 Å². The maximum atomic E-state index is 5.11. The summed E-state index contributed by atoms with van der Waals surface area (Å²) in [7, 11) is 3.55. The van der Waals surface area contributed by atoms with Gasteiger partial charge >= 0.3 is 0 Å². The number of aryl methyl sites for hydroxylation is 2. The summed E-state index contributed by atoms with van der Waals surface area (Å²) in [4.78, 5) is 8.83. The molecule has 0 saturated heterocycles. The summed E-state index contributed by atoms with van der Waals surface area (Å²) in [6.07, 6.45) is 2.00. The summed E-state index contributed by atoms with van der Waals surface area (Å²) in [6.45, 7) is 5.90. The fraction of sp³-hybridized carbons (Fsp3) is 0.500. The highest BCUT2D eigenvalue weighted by Crippen LogP contribution is 2.14. The van der Waals surface area contributed by atoms with Crippen LogP contribution < -0.4 is 10.6 Å². The first-order chi connectivity index (χ1) is 10.1. The molecule has 2 N–H and O–H groups in total. The normalized spacial score (nSPS) is 10.7. The highest BCUT2D eigenvalue weighted by atomic mass is 16.5. The lowest BCUT2D eigenvalue weighted by molar-refractivity contribution is 0.178. The van der Waals surface area contributed by atoms with E-state index in [1.165, 1.54) is 0 Å². The highest BCUT2D eigenvalue weighted by Gasteiger charge is 2.06. The van der Waals surface area contributed by atoms with E-state index >= 15 is 0 Å². The van der Waals surface area contributed by atoms with E-state index in [4.69, 9.17) is 4.74 Å². The maximum absolute atomic E-state index is 5.11. The Hall–Kier alpha value is -2.15. The van der Waals surface area contributed by atoms with Crippen LogP contribution in [0.1, 0.15) is 24.0 Å². The number of anilines is 2. The number of nitrogens with zero attached hydrogens (tertiary/aromatic N) is 4. The van der Waals surface area contributed by atoms with Gasteiger partial charge in [0.2, 0.25) is 0 Å². The second kappa shape index (κ2) is 7.03. The van der Waals surface area contributed by atoms with E-state index in [2.05, 4.69) is 25.7 Å². The molecule has 0 bridgehead atoms. The van der Waals surface area contributed by atoms with Crippen molar-refractivity contribution in [3.05, 3.63) is 29.3 Å². The van der Waals surface area contributed by atoms with E-state index in [9.17, 15) is 0 Å².